The number of methoxy groups -OCH3 is 1. The molecule has 2 aromatic carbocycles. The Morgan fingerprint density at radius 2 is 1.92 bits per heavy atom. The highest BCUT2D eigenvalue weighted by Gasteiger charge is 2.24. The maximum atomic E-state index is 13.2. The molecule has 3 aromatic rings. The van der Waals surface area contributed by atoms with Crippen LogP contribution in [0.3, 0.4) is 0 Å². The van der Waals surface area contributed by atoms with E-state index < -0.39 is 11.5 Å². The molecular weight excluding hydrogens is 487 g/mol. The Morgan fingerprint density at radius 3 is 2.54 bits per heavy atom. The summed E-state index contributed by atoms with van der Waals surface area (Å²) in [4.78, 5) is 25.4. The van der Waals surface area contributed by atoms with Crippen LogP contribution < -0.4 is 11.3 Å². The zero-order valence-corrected chi connectivity index (χ0v) is 17.7. The Morgan fingerprint density at radius 1 is 1.23 bits per heavy atom. The highest BCUT2D eigenvalue weighted by Crippen LogP contribution is 2.33. The first-order valence-electron chi connectivity index (χ1n) is 7.44. The van der Waals surface area contributed by atoms with Crippen LogP contribution in [0.15, 0.2) is 44.1 Å². The molecule has 0 amide bonds. The average Bonchev–Trinajstić information content (AvgIpc) is 2.56. The van der Waals surface area contributed by atoms with E-state index in [2.05, 4.69) is 31.9 Å². The molecule has 134 valence electrons. The Labute approximate surface area is 171 Å². The van der Waals surface area contributed by atoms with Crippen LogP contribution in [0.2, 0.25) is 5.02 Å². The summed E-state index contributed by atoms with van der Waals surface area (Å²) >= 11 is 13.0. The SMILES string of the molecule is COC(=O)c1c(N)c2ccc(Br)cc2n(-c2c(C)cc(Cl)cc2Br)c1=O. The molecule has 0 radical (unpaired) electrons. The second-order valence-electron chi connectivity index (χ2n) is 5.64. The van der Waals surface area contributed by atoms with Crippen molar-refractivity contribution >= 4 is 66.0 Å². The number of nitrogen functional groups attached to an aromatic ring is 1. The largest absolute Gasteiger partial charge is 0.465 e. The Hall–Kier alpha value is -1.83. The number of aromatic nitrogens is 1. The van der Waals surface area contributed by atoms with E-state index in [1.54, 1.807) is 30.3 Å². The highest BCUT2D eigenvalue weighted by atomic mass is 79.9. The van der Waals surface area contributed by atoms with E-state index in [1.165, 1.54) is 11.7 Å². The van der Waals surface area contributed by atoms with E-state index in [0.29, 0.717) is 26.1 Å². The number of nitrogens with zero attached hydrogens (tertiary/aromatic N) is 1. The third-order valence-electron chi connectivity index (χ3n) is 4.01. The molecule has 0 fully saturated rings. The molecule has 1 heterocycles. The predicted octanol–water partition coefficient (Wildman–Crippen LogP) is 4.85. The van der Waals surface area contributed by atoms with Gasteiger partial charge in [-0.15, -0.1) is 0 Å². The minimum absolute atomic E-state index is 0.0864. The predicted molar refractivity (Wildman–Crippen MR) is 110 cm³/mol. The average molecular weight is 501 g/mol. The molecule has 5 nitrogen and oxygen atoms in total. The molecule has 0 aliphatic rings. The van der Waals surface area contributed by atoms with Gasteiger partial charge in [0, 0.05) is 19.4 Å². The molecule has 2 N–H and O–H groups in total. The number of hydrogen-bond donors (Lipinski definition) is 1. The Balaban J connectivity index is 2.59. The third-order valence-corrected chi connectivity index (χ3v) is 5.32. The van der Waals surface area contributed by atoms with E-state index in [9.17, 15) is 9.59 Å². The smallest absolute Gasteiger partial charge is 0.345 e. The lowest BCUT2D eigenvalue weighted by molar-refractivity contribution is 0.0600. The van der Waals surface area contributed by atoms with Gasteiger partial charge in [0.2, 0.25) is 0 Å². The minimum atomic E-state index is -0.784. The summed E-state index contributed by atoms with van der Waals surface area (Å²) < 4.78 is 7.60. The summed E-state index contributed by atoms with van der Waals surface area (Å²) in [5.74, 6) is -0.784. The number of esters is 1. The van der Waals surface area contributed by atoms with E-state index in [-0.39, 0.29) is 11.3 Å². The zero-order chi connectivity index (χ0) is 19.2. The number of pyridine rings is 1. The molecule has 0 saturated heterocycles. The second-order valence-corrected chi connectivity index (χ2v) is 7.84. The lowest BCUT2D eigenvalue weighted by atomic mass is 10.1. The molecular formula is C18H13Br2ClN2O3. The summed E-state index contributed by atoms with van der Waals surface area (Å²) in [7, 11) is 1.21. The summed E-state index contributed by atoms with van der Waals surface area (Å²) in [6.45, 7) is 1.83. The van der Waals surface area contributed by atoms with Gasteiger partial charge < -0.3 is 10.5 Å². The molecule has 0 saturated carbocycles. The van der Waals surface area contributed by atoms with Gasteiger partial charge in [-0.05, 0) is 58.7 Å². The van der Waals surface area contributed by atoms with Crippen LogP contribution in [0.1, 0.15) is 15.9 Å². The van der Waals surface area contributed by atoms with Crippen molar-refractivity contribution in [2.45, 2.75) is 6.92 Å². The number of aryl methyl sites for hydroxylation is 1. The van der Waals surface area contributed by atoms with Crippen molar-refractivity contribution in [3.05, 3.63) is 65.8 Å². The van der Waals surface area contributed by atoms with Gasteiger partial charge in [0.1, 0.15) is 5.56 Å². The number of ether oxygens (including phenoxy) is 1. The maximum absolute atomic E-state index is 13.2. The molecule has 26 heavy (non-hydrogen) atoms. The first kappa shape index (κ1) is 18.9. The Kier molecular flexibility index (Phi) is 5.14. The second kappa shape index (κ2) is 7.06. The van der Waals surface area contributed by atoms with Gasteiger partial charge in [0.05, 0.1) is 24.0 Å². The summed E-state index contributed by atoms with van der Waals surface area (Å²) in [6, 6.07) is 8.74. The number of nitrogens with two attached hydrogens (primary N) is 1. The van der Waals surface area contributed by atoms with Gasteiger partial charge >= 0.3 is 5.97 Å². The summed E-state index contributed by atoms with van der Waals surface area (Å²) in [5.41, 5.74) is 7.34. The standard InChI is InChI=1S/C18H13Br2ClN2O3/c1-8-5-10(21)7-12(20)16(8)23-13-6-9(19)3-4-11(13)15(22)14(17(23)24)18(25)26-2/h3-7H,22H2,1-2H3. The fraction of sp³-hybridized carbons (Fsp3) is 0.111. The van der Waals surface area contributed by atoms with Gasteiger partial charge in [-0.3, -0.25) is 9.36 Å². The van der Waals surface area contributed by atoms with Crippen LogP contribution in [0, 0.1) is 6.92 Å². The monoisotopic (exact) mass is 498 g/mol. The number of fused-ring (bicyclic) bond motifs is 1. The summed E-state index contributed by atoms with van der Waals surface area (Å²) in [5, 5.41) is 1.09. The molecule has 8 heteroatoms. The third kappa shape index (κ3) is 3.04. The number of carbonyl (C=O) groups excluding carboxylic acids is 1. The maximum Gasteiger partial charge on any atom is 0.345 e. The molecule has 0 bridgehead atoms. The van der Waals surface area contributed by atoms with Gasteiger partial charge in [-0.2, -0.15) is 0 Å². The van der Waals surface area contributed by atoms with E-state index in [1.807, 2.05) is 6.92 Å². The number of rotatable bonds is 2. The molecule has 3 rings (SSSR count). The number of anilines is 1. The molecule has 0 unspecified atom stereocenters. The van der Waals surface area contributed by atoms with E-state index in [4.69, 9.17) is 22.1 Å². The number of halogens is 3. The van der Waals surface area contributed by atoms with E-state index in [0.717, 1.165) is 10.0 Å². The van der Waals surface area contributed by atoms with Crippen molar-refractivity contribution in [2.75, 3.05) is 12.8 Å². The number of benzene rings is 2. The number of hydrogen-bond acceptors (Lipinski definition) is 4. The fourth-order valence-electron chi connectivity index (χ4n) is 2.89. The van der Waals surface area contributed by atoms with Crippen molar-refractivity contribution in [1.29, 1.82) is 0 Å². The van der Waals surface area contributed by atoms with Gasteiger partial charge in [-0.25, -0.2) is 4.79 Å². The van der Waals surface area contributed by atoms with Crippen LogP contribution in [0.25, 0.3) is 16.6 Å². The first-order chi connectivity index (χ1) is 12.3. The molecule has 0 atom stereocenters. The molecule has 0 spiro atoms. The van der Waals surface area contributed by atoms with Crippen LogP contribution in [-0.4, -0.2) is 17.6 Å². The fourth-order valence-corrected chi connectivity index (χ4v) is 4.38. The minimum Gasteiger partial charge on any atom is -0.465 e. The van der Waals surface area contributed by atoms with Crippen LogP contribution in [0.4, 0.5) is 5.69 Å². The highest BCUT2D eigenvalue weighted by molar-refractivity contribution is 9.10. The normalized spacial score (nSPS) is 11.0. The van der Waals surface area contributed by atoms with Gasteiger partial charge in [-0.1, -0.05) is 27.5 Å². The topological polar surface area (TPSA) is 74.3 Å². The van der Waals surface area contributed by atoms with Crippen LogP contribution >= 0.6 is 43.5 Å². The van der Waals surface area contributed by atoms with Gasteiger partial charge in [0.25, 0.3) is 5.56 Å². The summed E-state index contributed by atoms with van der Waals surface area (Å²) in [6.07, 6.45) is 0. The van der Waals surface area contributed by atoms with E-state index >= 15 is 0 Å². The van der Waals surface area contributed by atoms with Crippen LogP contribution in [0.5, 0.6) is 0 Å². The van der Waals surface area contributed by atoms with Crippen molar-refractivity contribution in [3.63, 3.8) is 0 Å². The first-order valence-corrected chi connectivity index (χ1v) is 9.40. The molecule has 1 aromatic heterocycles. The lowest BCUT2D eigenvalue weighted by Gasteiger charge is -2.18. The lowest BCUT2D eigenvalue weighted by Crippen LogP contribution is -2.29. The van der Waals surface area contributed by atoms with Crippen molar-refractivity contribution in [3.8, 4) is 5.69 Å². The zero-order valence-electron chi connectivity index (χ0n) is 13.8. The van der Waals surface area contributed by atoms with Crippen LogP contribution in [-0.2, 0) is 4.74 Å². The van der Waals surface area contributed by atoms with Crippen molar-refractivity contribution in [2.24, 2.45) is 0 Å². The van der Waals surface area contributed by atoms with Gasteiger partial charge in [0.15, 0.2) is 0 Å². The molecule has 0 aliphatic carbocycles. The van der Waals surface area contributed by atoms with Crippen molar-refractivity contribution in [1.82, 2.24) is 4.57 Å². The van der Waals surface area contributed by atoms with Crippen molar-refractivity contribution < 1.29 is 9.53 Å². The Bertz CT molecular complexity index is 1100. The molecule has 0 aliphatic heterocycles. The number of carbonyl (C=O) groups is 1. The quantitative estimate of drug-likeness (QED) is 0.511.